The minimum Gasteiger partial charge on any atom is -0.497 e. The Morgan fingerprint density at radius 2 is 1.90 bits per heavy atom. The molecule has 0 saturated heterocycles. The predicted molar refractivity (Wildman–Crippen MR) is 77.2 cm³/mol. The molecule has 0 amide bonds. The van der Waals surface area contributed by atoms with E-state index in [0.29, 0.717) is 5.75 Å². The highest BCUT2D eigenvalue weighted by molar-refractivity contribution is 7.92. The average molecular weight is 322 g/mol. The van der Waals surface area contributed by atoms with Crippen LogP contribution in [0.25, 0.3) is 0 Å². The lowest BCUT2D eigenvalue weighted by atomic mass is 10.2. The molecule has 0 aliphatic rings. The Morgan fingerprint density at radius 1 is 1.30 bits per heavy atom. The standard InChI is InChI=1S/C12H16ClNO5S/c1-8(12(13)15)14(20(4,16)17)10-6-5-9(18-2)7-11(10)19-3/h5-8H,1-4H3. The number of nitrogens with zero attached hydrogens (tertiary/aromatic N) is 1. The molecule has 1 rings (SSSR count). The number of ether oxygens (including phenoxy) is 2. The molecule has 1 aromatic carbocycles. The first-order valence-electron chi connectivity index (χ1n) is 5.63. The van der Waals surface area contributed by atoms with Crippen LogP contribution in [0.5, 0.6) is 11.5 Å². The fourth-order valence-electron chi connectivity index (χ4n) is 1.73. The number of sulfonamides is 1. The van der Waals surface area contributed by atoms with Crippen LogP contribution in [-0.4, -0.2) is 40.2 Å². The molecule has 0 aliphatic carbocycles. The van der Waals surface area contributed by atoms with Crippen LogP contribution >= 0.6 is 11.6 Å². The zero-order valence-electron chi connectivity index (χ0n) is 11.6. The van der Waals surface area contributed by atoms with Crippen molar-refractivity contribution in [1.82, 2.24) is 0 Å². The number of hydrogen-bond acceptors (Lipinski definition) is 5. The quantitative estimate of drug-likeness (QED) is 0.744. The molecule has 0 aliphatic heterocycles. The first-order valence-corrected chi connectivity index (χ1v) is 7.85. The molecule has 1 unspecified atom stereocenters. The van der Waals surface area contributed by atoms with Crippen molar-refractivity contribution < 1.29 is 22.7 Å². The van der Waals surface area contributed by atoms with Crippen LogP contribution in [0.15, 0.2) is 18.2 Å². The number of carbonyl (C=O) groups is 1. The van der Waals surface area contributed by atoms with E-state index in [1.54, 1.807) is 6.07 Å². The van der Waals surface area contributed by atoms with E-state index in [9.17, 15) is 13.2 Å². The number of carbonyl (C=O) groups excluding carboxylic acids is 1. The number of halogens is 1. The maximum Gasteiger partial charge on any atom is 0.245 e. The van der Waals surface area contributed by atoms with Crippen molar-refractivity contribution in [3.63, 3.8) is 0 Å². The van der Waals surface area contributed by atoms with E-state index in [2.05, 4.69) is 0 Å². The van der Waals surface area contributed by atoms with Gasteiger partial charge in [0.25, 0.3) is 0 Å². The molecule has 1 atom stereocenters. The summed E-state index contributed by atoms with van der Waals surface area (Å²) in [6.45, 7) is 1.40. The zero-order valence-corrected chi connectivity index (χ0v) is 13.2. The van der Waals surface area contributed by atoms with Gasteiger partial charge in [0.2, 0.25) is 15.3 Å². The van der Waals surface area contributed by atoms with Crippen molar-refractivity contribution >= 4 is 32.6 Å². The SMILES string of the molecule is COc1ccc(N(C(C)C(=O)Cl)S(C)(=O)=O)c(OC)c1. The summed E-state index contributed by atoms with van der Waals surface area (Å²) in [5.74, 6) is 0.767. The fourth-order valence-corrected chi connectivity index (χ4v) is 3.07. The molecular formula is C12H16ClNO5S. The molecule has 0 fully saturated rings. The fraction of sp³-hybridized carbons (Fsp3) is 0.417. The summed E-state index contributed by atoms with van der Waals surface area (Å²) in [6, 6.07) is 3.55. The van der Waals surface area contributed by atoms with Crippen molar-refractivity contribution in [2.75, 3.05) is 24.8 Å². The van der Waals surface area contributed by atoms with Crippen molar-refractivity contribution in [2.45, 2.75) is 13.0 Å². The number of hydrogen-bond donors (Lipinski definition) is 0. The monoisotopic (exact) mass is 321 g/mol. The molecule has 20 heavy (non-hydrogen) atoms. The van der Waals surface area contributed by atoms with Gasteiger partial charge in [0, 0.05) is 6.07 Å². The van der Waals surface area contributed by atoms with Gasteiger partial charge < -0.3 is 9.47 Å². The Labute approximate surface area is 123 Å². The van der Waals surface area contributed by atoms with E-state index in [0.717, 1.165) is 10.6 Å². The van der Waals surface area contributed by atoms with E-state index in [1.165, 1.54) is 33.3 Å². The van der Waals surface area contributed by atoms with Gasteiger partial charge in [-0.25, -0.2) is 8.42 Å². The van der Waals surface area contributed by atoms with Crippen molar-refractivity contribution in [2.24, 2.45) is 0 Å². The molecule has 1 aromatic rings. The normalized spacial score (nSPS) is 12.7. The van der Waals surface area contributed by atoms with Crippen LogP contribution in [0.1, 0.15) is 6.92 Å². The molecular weight excluding hydrogens is 306 g/mol. The summed E-state index contributed by atoms with van der Waals surface area (Å²) in [6.07, 6.45) is 0.993. The Morgan fingerprint density at radius 3 is 2.30 bits per heavy atom. The van der Waals surface area contributed by atoms with E-state index >= 15 is 0 Å². The first kappa shape index (κ1) is 16.6. The van der Waals surface area contributed by atoms with Crippen LogP contribution in [0.2, 0.25) is 0 Å². The largest absolute Gasteiger partial charge is 0.497 e. The average Bonchev–Trinajstić information content (AvgIpc) is 2.37. The van der Waals surface area contributed by atoms with Crippen molar-refractivity contribution in [1.29, 1.82) is 0 Å². The molecule has 6 nitrogen and oxygen atoms in total. The van der Waals surface area contributed by atoms with Crippen molar-refractivity contribution in [3.05, 3.63) is 18.2 Å². The summed E-state index contributed by atoms with van der Waals surface area (Å²) in [5, 5.41) is -0.784. The molecule has 0 aromatic heterocycles. The molecule has 0 bridgehead atoms. The highest BCUT2D eigenvalue weighted by Gasteiger charge is 2.30. The second-order valence-corrected chi connectivity index (χ2v) is 6.31. The molecule has 0 heterocycles. The van der Waals surface area contributed by atoms with Crippen LogP contribution < -0.4 is 13.8 Å². The van der Waals surface area contributed by atoms with Gasteiger partial charge in [0.1, 0.15) is 17.5 Å². The van der Waals surface area contributed by atoms with Crippen molar-refractivity contribution in [3.8, 4) is 11.5 Å². The lowest BCUT2D eigenvalue weighted by Crippen LogP contribution is -2.41. The van der Waals surface area contributed by atoms with Gasteiger partial charge in [-0.3, -0.25) is 9.10 Å². The third-order valence-electron chi connectivity index (χ3n) is 2.66. The predicted octanol–water partition coefficient (Wildman–Crippen LogP) is 1.62. The van der Waals surface area contributed by atoms with Gasteiger partial charge in [-0.1, -0.05) is 0 Å². The summed E-state index contributed by atoms with van der Waals surface area (Å²) in [5.41, 5.74) is 0.220. The summed E-state index contributed by atoms with van der Waals surface area (Å²) >= 11 is 5.42. The van der Waals surface area contributed by atoms with Gasteiger partial charge >= 0.3 is 0 Å². The first-order chi connectivity index (χ1) is 9.22. The van der Waals surface area contributed by atoms with Gasteiger partial charge in [0.15, 0.2) is 0 Å². The third-order valence-corrected chi connectivity index (χ3v) is 4.21. The van der Waals surface area contributed by atoms with E-state index in [1.807, 2.05) is 0 Å². The lowest BCUT2D eigenvalue weighted by molar-refractivity contribution is -0.112. The second-order valence-electron chi connectivity index (χ2n) is 4.08. The van der Waals surface area contributed by atoms with Crippen LogP contribution in [0, 0.1) is 0 Å². The Kier molecular flexibility index (Phi) is 5.24. The van der Waals surface area contributed by atoms with E-state index in [-0.39, 0.29) is 11.4 Å². The number of anilines is 1. The van der Waals surface area contributed by atoms with E-state index < -0.39 is 21.3 Å². The van der Waals surface area contributed by atoms with Gasteiger partial charge in [-0.2, -0.15) is 0 Å². The minimum absolute atomic E-state index is 0.220. The Hall–Kier alpha value is -1.47. The van der Waals surface area contributed by atoms with E-state index in [4.69, 9.17) is 21.1 Å². The second kappa shape index (κ2) is 6.32. The highest BCUT2D eigenvalue weighted by atomic mass is 35.5. The lowest BCUT2D eigenvalue weighted by Gasteiger charge is -2.28. The minimum atomic E-state index is -3.71. The molecule has 0 radical (unpaired) electrons. The van der Waals surface area contributed by atoms with Crippen LogP contribution in [0.4, 0.5) is 5.69 Å². The molecule has 0 N–H and O–H groups in total. The van der Waals surface area contributed by atoms with Gasteiger partial charge in [-0.15, -0.1) is 0 Å². The van der Waals surface area contributed by atoms with Crippen LogP contribution in [-0.2, 0) is 14.8 Å². The smallest absolute Gasteiger partial charge is 0.245 e. The topological polar surface area (TPSA) is 72.9 Å². The summed E-state index contributed by atoms with van der Waals surface area (Å²) < 4.78 is 35.0. The molecule has 8 heteroatoms. The molecule has 112 valence electrons. The van der Waals surface area contributed by atoms with Crippen LogP contribution in [0.3, 0.4) is 0 Å². The number of benzene rings is 1. The Bertz CT molecular complexity index is 602. The maximum atomic E-state index is 11.9. The van der Waals surface area contributed by atoms with Gasteiger partial charge in [-0.05, 0) is 30.7 Å². The summed E-state index contributed by atoms with van der Waals surface area (Å²) in [4.78, 5) is 11.3. The third kappa shape index (κ3) is 3.55. The molecule has 0 spiro atoms. The zero-order chi connectivity index (χ0) is 15.5. The van der Waals surface area contributed by atoms with Gasteiger partial charge in [0.05, 0.1) is 26.2 Å². The number of methoxy groups -OCH3 is 2. The highest BCUT2D eigenvalue weighted by Crippen LogP contribution is 2.35. The Balaban J connectivity index is 3.46. The summed E-state index contributed by atoms with van der Waals surface area (Å²) in [7, 11) is -0.833. The molecule has 0 saturated carbocycles. The number of rotatable bonds is 6. The maximum absolute atomic E-state index is 11.9.